The number of para-hydroxylation sites is 1. The first-order valence-electron chi connectivity index (χ1n) is 6.32. The summed E-state index contributed by atoms with van der Waals surface area (Å²) in [5.74, 6) is 0. The average Bonchev–Trinajstić information content (AvgIpc) is 2.77. The smallest absolute Gasteiger partial charge is 0.449 e. The highest BCUT2D eigenvalue weighted by atomic mass is 35.5. The van der Waals surface area contributed by atoms with Gasteiger partial charge in [-0.2, -0.15) is 4.62 Å². The minimum atomic E-state index is -2.14. The second-order valence-corrected chi connectivity index (χ2v) is 8.68. The molecule has 0 aliphatic rings. The Morgan fingerprint density at radius 3 is 2.00 bits per heavy atom. The minimum Gasteiger partial charge on any atom is -1.00 e. The quantitative estimate of drug-likeness (QED) is 0.604. The number of aromatic nitrogens is 3. The van der Waals surface area contributed by atoms with Crippen molar-refractivity contribution in [2.45, 2.75) is 0 Å². The van der Waals surface area contributed by atoms with Gasteiger partial charge < -0.3 is 12.4 Å². The van der Waals surface area contributed by atoms with Crippen LogP contribution < -0.4 is 17.0 Å². The summed E-state index contributed by atoms with van der Waals surface area (Å²) in [7, 11) is 9.90. The van der Waals surface area contributed by atoms with Gasteiger partial charge in [-0.3, -0.25) is 0 Å². The van der Waals surface area contributed by atoms with E-state index in [1.807, 2.05) is 66.6 Å². The van der Waals surface area contributed by atoms with Crippen molar-refractivity contribution in [2.24, 2.45) is 0 Å². The minimum absolute atomic E-state index is 0. The Morgan fingerprint density at radius 1 is 0.952 bits per heavy atom. The molecule has 9 heteroatoms. The summed E-state index contributed by atoms with van der Waals surface area (Å²) < 4.78 is 12.5. The third kappa shape index (κ3) is 3.12. The number of halogens is 1. The molecule has 0 spiro atoms. The molecule has 1 heterocycles. The van der Waals surface area contributed by atoms with E-state index in [2.05, 4.69) is 24.3 Å². The molecule has 2 rings (SSSR count). The molecule has 0 saturated carbocycles. The van der Waals surface area contributed by atoms with Crippen LogP contribution in [0.2, 0.25) is 0 Å². The van der Waals surface area contributed by atoms with E-state index in [1.54, 1.807) is 0 Å². The zero-order chi connectivity index (χ0) is 14.9. The van der Waals surface area contributed by atoms with Crippen molar-refractivity contribution < 1.29 is 17.0 Å². The number of rotatable bonds is 5. The lowest BCUT2D eigenvalue weighted by atomic mass is 10.3. The first-order chi connectivity index (χ1) is 9.39. The summed E-state index contributed by atoms with van der Waals surface area (Å²) >= 11 is 0. The van der Waals surface area contributed by atoms with Crippen LogP contribution in [0.3, 0.4) is 0 Å². The average molecular weight is 333 g/mol. The first-order valence-corrected chi connectivity index (χ1v) is 7.89. The van der Waals surface area contributed by atoms with E-state index in [0.717, 1.165) is 11.0 Å². The van der Waals surface area contributed by atoms with E-state index in [4.69, 9.17) is 4.62 Å². The van der Waals surface area contributed by atoms with Gasteiger partial charge in [0.05, 0.1) is 0 Å². The van der Waals surface area contributed by atoms with E-state index >= 15 is 0 Å². The molecule has 0 bridgehead atoms. The van der Waals surface area contributed by atoms with Crippen LogP contribution in [0.15, 0.2) is 24.3 Å². The largest absolute Gasteiger partial charge is 1.00 e. The second kappa shape index (κ2) is 6.85. The maximum Gasteiger partial charge on any atom is 0.449 e. The normalized spacial score (nSPS) is 12.2. The Balaban J connectivity index is 0.00000220. The van der Waals surface area contributed by atoms with Gasteiger partial charge in [-0.25, -0.2) is 0 Å². The molecule has 0 aliphatic carbocycles. The molecular formula is C12H22ClN6OP. The van der Waals surface area contributed by atoms with Crippen molar-refractivity contribution in [1.82, 2.24) is 29.2 Å². The van der Waals surface area contributed by atoms with Gasteiger partial charge in [-0.1, -0.05) is 12.1 Å². The molecule has 0 N–H and O–H groups in total. The highest BCUT2D eigenvalue weighted by Gasteiger charge is 2.54. The van der Waals surface area contributed by atoms with Gasteiger partial charge >= 0.3 is 7.94 Å². The van der Waals surface area contributed by atoms with Crippen molar-refractivity contribution in [2.75, 3.05) is 42.3 Å². The molecule has 2 aromatic rings. The lowest BCUT2D eigenvalue weighted by Crippen LogP contribution is -3.00. The van der Waals surface area contributed by atoms with Crippen molar-refractivity contribution in [3.63, 3.8) is 0 Å². The molecule has 0 fully saturated rings. The molecule has 21 heavy (non-hydrogen) atoms. The molecule has 0 unspecified atom stereocenters. The Morgan fingerprint density at radius 2 is 1.48 bits per heavy atom. The van der Waals surface area contributed by atoms with E-state index < -0.39 is 7.94 Å². The fourth-order valence-corrected chi connectivity index (χ4v) is 5.22. The summed E-state index contributed by atoms with van der Waals surface area (Å²) in [5.41, 5.74) is 1.68. The van der Waals surface area contributed by atoms with Crippen LogP contribution in [-0.2, 0) is 0 Å². The second-order valence-electron chi connectivity index (χ2n) is 5.09. The monoisotopic (exact) mass is 332 g/mol. The third-order valence-electron chi connectivity index (χ3n) is 3.07. The predicted molar refractivity (Wildman–Crippen MR) is 82.1 cm³/mol. The summed E-state index contributed by atoms with van der Waals surface area (Å²) in [5, 5.41) is 8.25. The summed E-state index contributed by atoms with van der Waals surface area (Å²) in [6, 6.07) is 7.76. The van der Waals surface area contributed by atoms with Gasteiger partial charge in [0.25, 0.3) is 0 Å². The lowest BCUT2D eigenvalue weighted by molar-refractivity contribution is -0.00000531. The molecule has 0 atom stereocenters. The van der Waals surface area contributed by atoms with Gasteiger partial charge in [0.1, 0.15) is 11.0 Å². The number of fused-ring (bicyclic) bond motifs is 1. The molecule has 0 radical (unpaired) electrons. The van der Waals surface area contributed by atoms with Crippen LogP contribution >= 0.6 is 7.94 Å². The van der Waals surface area contributed by atoms with Gasteiger partial charge in [-0.15, -0.1) is 19.1 Å². The van der Waals surface area contributed by atoms with Crippen molar-refractivity contribution in [3.05, 3.63) is 24.3 Å². The Hall–Kier alpha value is -0.980. The molecule has 1 aromatic heterocycles. The zero-order valence-corrected chi connectivity index (χ0v) is 14.9. The van der Waals surface area contributed by atoms with Crippen molar-refractivity contribution in [1.29, 1.82) is 0 Å². The van der Waals surface area contributed by atoms with E-state index in [0.29, 0.717) is 0 Å². The Bertz CT molecular complexity index is 566. The molecule has 0 amide bonds. The van der Waals surface area contributed by atoms with E-state index in [9.17, 15) is 0 Å². The molecule has 7 nitrogen and oxygen atoms in total. The first kappa shape index (κ1) is 18.1. The van der Waals surface area contributed by atoms with Gasteiger partial charge in [0.15, 0.2) is 0 Å². The fourth-order valence-electron chi connectivity index (χ4n) is 2.30. The molecule has 0 saturated heterocycles. The third-order valence-corrected chi connectivity index (χ3v) is 6.57. The van der Waals surface area contributed by atoms with E-state index in [1.165, 1.54) is 4.85 Å². The summed E-state index contributed by atoms with van der Waals surface area (Å²) in [4.78, 5) is 1.52. The van der Waals surface area contributed by atoms with Gasteiger partial charge in [-0.05, 0) is 22.2 Å². The predicted octanol–water partition coefficient (Wildman–Crippen LogP) is -1.77. The fraction of sp³-hybridized carbons (Fsp3) is 0.500. The summed E-state index contributed by atoms with van der Waals surface area (Å²) in [6.07, 6.45) is 0. The molecular weight excluding hydrogens is 311 g/mol. The highest BCUT2D eigenvalue weighted by Crippen LogP contribution is 2.61. The standard InChI is InChI=1S/C12H22N6OP.ClH/c1-15(2)20(16(3)4,17(5)6)19-18-12-10-8-7-9-11(12)13-14-18;/h7-10H,1-6H3;1H/q+1;/p-1. The van der Waals surface area contributed by atoms with Gasteiger partial charge in [0, 0.05) is 42.3 Å². The van der Waals surface area contributed by atoms with Crippen LogP contribution in [0, 0.1) is 0 Å². The number of nitrogens with zero attached hydrogens (tertiary/aromatic N) is 6. The van der Waals surface area contributed by atoms with Crippen LogP contribution in [-0.4, -0.2) is 71.5 Å². The maximum atomic E-state index is 6.27. The molecule has 118 valence electrons. The molecule has 0 aliphatic heterocycles. The highest BCUT2D eigenvalue weighted by molar-refractivity contribution is 7.64. The lowest BCUT2D eigenvalue weighted by Gasteiger charge is -2.35. The zero-order valence-electron chi connectivity index (χ0n) is 13.2. The van der Waals surface area contributed by atoms with E-state index in [-0.39, 0.29) is 12.4 Å². The number of hydrogen-bond donors (Lipinski definition) is 0. The van der Waals surface area contributed by atoms with Crippen LogP contribution in [0.25, 0.3) is 11.0 Å². The van der Waals surface area contributed by atoms with Crippen molar-refractivity contribution >= 4 is 19.0 Å². The van der Waals surface area contributed by atoms with Crippen LogP contribution in [0.1, 0.15) is 0 Å². The molecule has 1 aromatic carbocycles. The van der Waals surface area contributed by atoms with Crippen LogP contribution in [0.5, 0.6) is 0 Å². The SMILES string of the molecule is CN(C)[P+](On1nnc2ccccc21)(N(C)C)N(C)C.[Cl-]. The van der Waals surface area contributed by atoms with Crippen LogP contribution in [0.4, 0.5) is 0 Å². The number of hydrogen-bond acceptors (Lipinski definition) is 6. The Labute approximate surface area is 132 Å². The Kier molecular flexibility index (Phi) is 5.90. The maximum absolute atomic E-state index is 6.27. The van der Waals surface area contributed by atoms with Crippen molar-refractivity contribution in [3.8, 4) is 0 Å². The van der Waals surface area contributed by atoms with Gasteiger partial charge in [0.2, 0.25) is 0 Å². The topological polar surface area (TPSA) is 49.7 Å². The summed E-state index contributed by atoms with van der Waals surface area (Å²) in [6.45, 7) is 0. The number of benzene rings is 1.